The van der Waals surface area contributed by atoms with E-state index in [2.05, 4.69) is 0 Å². The van der Waals surface area contributed by atoms with Crippen LogP contribution in [0.4, 0.5) is 4.39 Å². The molecule has 0 saturated heterocycles. The van der Waals surface area contributed by atoms with Crippen molar-refractivity contribution in [2.45, 2.75) is 25.6 Å². The summed E-state index contributed by atoms with van der Waals surface area (Å²) < 4.78 is 13.0. The van der Waals surface area contributed by atoms with E-state index in [0.29, 0.717) is 6.42 Å². The van der Waals surface area contributed by atoms with Crippen LogP contribution in [0.5, 0.6) is 0 Å². The maximum Gasteiger partial charge on any atom is 0.130 e. The Bertz CT molecular complexity index is 221. The third kappa shape index (κ3) is 2.62. The quantitative estimate of drug-likeness (QED) is 0.731. The van der Waals surface area contributed by atoms with Gasteiger partial charge in [0.1, 0.15) is 6.17 Å². The highest BCUT2D eigenvalue weighted by Crippen LogP contribution is 2.08. The molecule has 0 aliphatic heterocycles. The molecule has 0 radical (unpaired) electrons. The van der Waals surface area contributed by atoms with Crippen molar-refractivity contribution in [2.24, 2.45) is 0 Å². The van der Waals surface area contributed by atoms with Crippen molar-refractivity contribution in [3.05, 3.63) is 35.9 Å². The van der Waals surface area contributed by atoms with Crippen LogP contribution in [0.2, 0.25) is 0 Å². The minimum Gasteiger partial charge on any atom is -0.390 e. The van der Waals surface area contributed by atoms with Gasteiger partial charge in [-0.3, -0.25) is 0 Å². The van der Waals surface area contributed by atoms with Gasteiger partial charge in [0.05, 0.1) is 6.10 Å². The molecule has 0 amide bonds. The van der Waals surface area contributed by atoms with Crippen LogP contribution >= 0.6 is 0 Å². The molecule has 0 fully saturated rings. The number of aliphatic hydroxyl groups excluding tert-OH is 1. The molecule has 2 unspecified atom stereocenters. The van der Waals surface area contributed by atoms with Crippen molar-refractivity contribution in [3.8, 4) is 0 Å². The van der Waals surface area contributed by atoms with Crippen LogP contribution in [-0.2, 0) is 6.42 Å². The topological polar surface area (TPSA) is 20.2 Å². The van der Waals surface area contributed by atoms with E-state index in [9.17, 15) is 4.39 Å². The summed E-state index contributed by atoms with van der Waals surface area (Å²) in [5.74, 6) is 0. The van der Waals surface area contributed by atoms with Gasteiger partial charge in [-0.15, -0.1) is 0 Å². The van der Waals surface area contributed by atoms with Gasteiger partial charge in [0.2, 0.25) is 0 Å². The molecule has 2 heteroatoms. The van der Waals surface area contributed by atoms with E-state index in [1.807, 2.05) is 30.3 Å². The van der Waals surface area contributed by atoms with E-state index < -0.39 is 12.3 Å². The monoisotopic (exact) mass is 168 g/mol. The van der Waals surface area contributed by atoms with E-state index in [4.69, 9.17) is 5.11 Å². The molecule has 1 rings (SSSR count). The fraction of sp³-hybridized carbons (Fsp3) is 0.400. The van der Waals surface area contributed by atoms with Gasteiger partial charge in [-0.2, -0.15) is 0 Å². The third-order valence-electron chi connectivity index (χ3n) is 1.80. The van der Waals surface area contributed by atoms with Crippen LogP contribution in [-0.4, -0.2) is 17.4 Å². The van der Waals surface area contributed by atoms with E-state index in [1.165, 1.54) is 6.92 Å². The van der Waals surface area contributed by atoms with Gasteiger partial charge in [-0.25, -0.2) is 4.39 Å². The lowest BCUT2D eigenvalue weighted by Gasteiger charge is -2.10. The summed E-state index contributed by atoms with van der Waals surface area (Å²) in [6.07, 6.45) is -1.75. The summed E-state index contributed by atoms with van der Waals surface area (Å²) in [4.78, 5) is 0. The standard InChI is InChI=1S/C10H13FO/c1-8(12)10(11)7-9-5-3-2-4-6-9/h2-6,8,10,12H,7H2,1H3. The molecule has 0 aliphatic carbocycles. The Morgan fingerprint density at radius 1 is 1.33 bits per heavy atom. The predicted octanol–water partition coefficient (Wildman–Crippen LogP) is 1.95. The van der Waals surface area contributed by atoms with E-state index >= 15 is 0 Å². The highest BCUT2D eigenvalue weighted by Gasteiger charge is 2.12. The Labute approximate surface area is 71.9 Å². The molecule has 0 heterocycles. The second-order valence-corrected chi connectivity index (χ2v) is 2.95. The van der Waals surface area contributed by atoms with Gasteiger partial charge in [-0.05, 0) is 12.5 Å². The number of aliphatic hydroxyl groups is 1. The summed E-state index contributed by atoms with van der Waals surface area (Å²) in [7, 11) is 0. The van der Waals surface area contributed by atoms with Crippen molar-refractivity contribution >= 4 is 0 Å². The fourth-order valence-electron chi connectivity index (χ4n) is 1.01. The maximum absolute atomic E-state index is 13.0. The number of hydrogen-bond donors (Lipinski definition) is 1. The summed E-state index contributed by atoms with van der Waals surface area (Å²) >= 11 is 0. The summed E-state index contributed by atoms with van der Waals surface area (Å²) in [5, 5.41) is 8.91. The zero-order valence-corrected chi connectivity index (χ0v) is 7.07. The molecule has 0 bridgehead atoms. The second-order valence-electron chi connectivity index (χ2n) is 2.95. The molecule has 0 aliphatic rings. The van der Waals surface area contributed by atoms with Crippen LogP contribution in [0.3, 0.4) is 0 Å². The van der Waals surface area contributed by atoms with Gasteiger partial charge in [-0.1, -0.05) is 30.3 Å². The molecule has 1 aromatic carbocycles. The lowest BCUT2D eigenvalue weighted by molar-refractivity contribution is 0.0932. The molecule has 2 atom stereocenters. The van der Waals surface area contributed by atoms with Crippen LogP contribution < -0.4 is 0 Å². The largest absolute Gasteiger partial charge is 0.390 e. The molecule has 1 N–H and O–H groups in total. The van der Waals surface area contributed by atoms with Crippen molar-refractivity contribution in [2.75, 3.05) is 0 Å². The molecule has 0 saturated carbocycles. The minimum absolute atomic E-state index is 0.290. The average molecular weight is 168 g/mol. The molecule has 0 aromatic heterocycles. The number of hydrogen-bond acceptors (Lipinski definition) is 1. The zero-order valence-electron chi connectivity index (χ0n) is 7.07. The van der Waals surface area contributed by atoms with Crippen molar-refractivity contribution in [3.63, 3.8) is 0 Å². The summed E-state index contributed by atoms with van der Waals surface area (Å²) in [6, 6.07) is 9.33. The first-order valence-corrected chi connectivity index (χ1v) is 4.06. The van der Waals surface area contributed by atoms with E-state index in [1.54, 1.807) is 0 Å². The highest BCUT2D eigenvalue weighted by atomic mass is 19.1. The van der Waals surface area contributed by atoms with E-state index in [0.717, 1.165) is 5.56 Å². The maximum atomic E-state index is 13.0. The van der Waals surface area contributed by atoms with Gasteiger partial charge in [0.25, 0.3) is 0 Å². The molecule has 0 spiro atoms. The Kier molecular flexibility index (Phi) is 3.23. The number of halogens is 1. The van der Waals surface area contributed by atoms with Crippen LogP contribution in [0.25, 0.3) is 0 Å². The lowest BCUT2D eigenvalue weighted by atomic mass is 10.1. The molecule has 1 aromatic rings. The number of benzene rings is 1. The first-order valence-electron chi connectivity index (χ1n) is 4.06. The highest BCUT2D eigenvalue weighted by molar-refractivity contribution is 5.15. The van der Waals surface area contributed by atoms with Crippen LogP contribution in [0, 0.1) is 0 Å². The molecular weight excluding hydrogens is 155 g/mol. The van der Waals surface area contributed by atoms with E-state index in [-0.39, 0.29) is 0 Å². The van der Waals surface area contributed by atoms with Crippen molar-refractivity contribution < 1.29 is 9.50 Å². The van der Waals surface area contributed by atoms with Crippen molar-refractivity contribution in [1.82, 2.24) is 0 Å². The van der Waals surface area contributed by atoms with Crippen LogP contribution in [0.15, 0.2) is 30.3 Å². The Morgan fingerprint density at radius 3 is 2.42 bits per heavy atom. The summed E-state index contributed by atoms with van der Waals surface area (Å²) in [5.41, 5.74) is 0.922. The summed E-state index contributed by atoms with van der Waals surface area (Å²) in [6.45, 7) is 1.47. The van der Waals surface area contributed by atoms with Crippen LogP contribution in [0.1, 0.15) is 12.5 Å². The van der Waals surface area contributed by atoms with Gasteiger partial charge in [0, 0.05) is 6.42 Å². The molecular formula is C10H13FO. The third-order valence-corrected chi connectivity index (χ3v) is 1.80. The lowest BCUT2D eigenvalue weighted by Crippen LogP contribution is -2.20. The van der Waals surface area contributed by atoms with Crippen molar-refractivity contribution in [1.29, 1.82) is 0 Å². The van der Waals surface area contributed by atoms with Gasteiger partial charge >= 0.3 is 0 Å². The van der Waals surface area contributed by atoms with Gasteiger partial charge < -0.3 is 5.11 Å². The Morgan fingerprint density at radius 2 is 1.92 bits per heavy atom. The zero-order chi connectivity index (χ0) is 8.97. The number of rotatable bonds is 3. The first-order chi connectivity index (χ1) is 5.70. The van der Waals surface area contributed by atoms with Gasteiger partial charge in [0.15, 0.2) is 0 Å². The predicted molar refractivity (Wildman–Crippen MR) is 46.7 cm³/mol. The Hall–Kier alpha value is -0.890. The molecule has 1 nitrogen and oxygen atoms in total. The number of alkyl halides is 1. The normalized spacial score (nSPS) is 15.6. The Balaban J connectivity index is 2.53. The first kappa shape index (κ1) is 9.20. The average Bonchev–Trinajstić information content (AvgIpc) is 2.06. The fourth-order valence-corrected chi connectivity index (χ4v) is 1.01. The smallest absolute Gasteiger partial charge is 0.130 e. The molecule has 12 heavy (non-hydrogen) atoms. The second kappa shape index (κ2) is 4.21. The SMILES string of the molecule is CC(O)C(F)Cc1ccccc1. The minimum atomic E-state index is -1.16. The molecule has 66 valence electrons.